The number of amides is 2. The van der Waals surface area contributed by atoms with Gasteiger partial charge in [0.05, 0.1) is 24.7 Å². The summed E-state index contributed by atoms with van der Waals surface area (Å²) in [5.41, 5.74) is 3.30. The van der Waals surface area contributed by atoms with Gasteiger partial charge >= 0.3 is 6.09 Å². The maximum atomic E-state index is 13.1. The minimum Gasteiger partial charge on any atom is -0.453 e. The average molecular weight is 392 g/mol. The van der Waals surface area contributed by atoms with Crippen molar-refractivity contribution in [3.63, 3.8) is 0 Å². The number of nitrogens with zero attached hydrogens (tertiary/aromatic N) is 2. The van der Waals surface area contributed by atoms with Crippen molar-refractivity contribution in [3.8, 4) is 23.6 Å². The first-order chi connectivity index (χ1) is 13.9. The van der Waals surface area contributed by atoms with Crippen LogP contribution in [0.5, 0.6) is 0 Å². The highest BCUT2D eigenvalue weighted by molar-refractivity contribution is 5.93. The van der Waals surface area contributed by atoms with Crippen molar-refractivity contribution >= 4 is 17.7 Å². The Kier molecular flexibility index (Phi) is 6.03. The van der Waals surface area contributed by atoms with Crippen LogP contribution in [0.2, 0.25) is 0 Å². The van der Waals surface area contributed by atoms with E-state index in [1.54, 1.807) is 11.1 Å². The van der Waals surface area contributed by atoms with Crippen LogP contribution in [0, 0.1) is 18.3 Å². The number of methoxy groups -OCH3 is 1. The quantitative estimate of drug-likeness (QED) is 0.766. The second-order valence-corrected chi connectivity index (χ2v) is 7.09. The van der Waals surface area contributed by atoms with Gasteiger partial charge in [-0.25, -0.2) is 9.78 Å². The van der Waals surface area contributed by atoms with Crippen LogP contribution in [0.3, 0.4) is 0 Å². The predicted octanol–water partition coefficient (Wildman–Crippen LogP) is 3.01. The van der Waals surface area contributed by atoms with Gasteiger partial charge in [0.25, 0.3) is 0 Å². The molecule has 0 saturated heterocycles. The molecule has 0 aliphatic carbocycles. The predicted molar refractivity (Wildman–Crippen MR) is 110 cm³/mol. The Balaban J connectivity index is 1.81. The fraction of sp³-hybridized carbons (Fsp3) is 0.318. The van der Waals surface area contributed by atoms with E-state index in [4.69, 9.17) is 6.42 Å². The van der Waals surface area contributed by atoms with E-state index in [0.717, 1.165) is 23.2 Å². The van der Waals surface area contributed by atoms with Crippen molar-refractivity contribution in [2.24, 2.45) is 5.92 Å². The Morgan fingerprint density at radius 2 is 2.03 bits per heavy atom. The number of carbonyl (C=O) groups excluding carboxylic acids is 2. The van der Waals surface area contributed by atoms with Gasteiger partial charge in [-0.2, -0.15) is 0 Å². The lowest BCUT2D eigenvalue weighted by atomic mass is 10.0. The summed E-state index contributed by atoms with van der Waals surface area (Å²) < 4.78 is 4.66. The van der Waals surface area contributed by atoms with E-state index in [9.17, 15) is 9.59 Å². The smallest absolute Gasteiger partial charge is 0.407 e. The molecule has 1 aromatic heterocycles. The van der Waals surface area contributed by atoms with Gasteiger partial charge in [0.2, 0.25) is 5.91 Å². The summed E-state index contributed by atoms with van der Waals surface area (Å²) in [6.45, 7) is 4.29. The summed E-state index contributed by atoms with van der Waals surface area (Å²) in [6.07, 6.45) is 9.20. The zero-order chi connectivity index (χ0) is 21.0. The standard InChI is InChI=1S/C22H24N4O3/c1-5-15-8-10-16(11-9-15)17-13-23-20(24-17)18-7-6-12-26(18)21(27)19(14(2)3)25-22(28)29-4/h1,7-11,13-14,19H,6,12H2,2-4H3,(H,23,24)(H,25,28)/t19-/m0/s1. The number of carbonyl (C=O) groups is 2. The zero-order valence-corrected chi connectivity index (χ0v) is 16.7. The Morgan fingerprint density at radius 1 is 1.31 bits per heavy atom. The van der Waals surface area contributed by atoms with Crippen molar-refractivity contribution in [1.29, 1.82) is 0 Å². The lowest BCUT2D eigenvalue weighted by Crippen LogP contribution is -2.50. The first-order valence-corrected chi connectivity index (χ1v) is 9.43. The second kappa shape index (κ2) is 8.65. The fourth-order valence-corrected chi connectivity index (χ4v) is 3.23. The SMILES string of the molecule is C#Cc1ccc(-c2cnc(C3=CCCN3C(=O)[C@@H](NC(=O)OC)C(C)C)[nH]2)cc1. The fourth-order valence-electron chi connectivity index (χ4n) is 3.23. The molecular formula is C22H24N4O3. The summed E-state index contributed by atoms with van der Waals surface area (Å²) in [6, 6.07) is 6.90. The first kappa shape index (κ1) is 20.2. The maximum absolute atomic E-state index is 13.1. The molecule has 3 rings (SSSR count). The Labute approximate surface area is 170 Å². The third kappa shape index (κ3) is 4.32. The number of terminal acetylenes is 1. The van der Waals surface area contributed by atoms with Gasteiger partial charge in [0.1, 0.15) is 6.04 Å². The summed E-state index contributed by atoms with van der Waals surface area (Å²) in [4.78, 5) is 34.2. The number of nitrogens with one attached hydrogen (secondary N) is 2. The Morgan fingerprint density at radius 3 is 2.66 bits per heavy atom. The molecule has 1 aliphatic heterocycles. The number of rotatable bonds is 5. The molecule has 1 aliphatic rings. The number of benzene rings is 1. The van der Waals surface area contributed by atoms with Crippen LogP contribution in [0.4, 0.5) is 4.79 Å². The van der Waals surface area contributed by atoms with Crippen LogP contribution in [0.1, 0.15) is 31.7 Å². The van der Waals surface area contributed by atoms with Crippen LogP contribution in [-0.4, -0.2) is 46.6 Å². The van der Waals surface area contributed by atoms with Gasteiger partial charge in [-0.1, -0.05) is 38.0 Å². The number of aromatic amines is 1. The Bertz CT molecular complexity index is 967. The lowest BCUT2D eigenvalue weighted by Gasteiger charge is -2.27. The minimum absolute atomic E-state index is 0.0923. The lowest BCUT2D eigenvalue weighted by molar-refractivity contribution is -0.130. The topological polar surface area (TPSA) is 87.3 Å². The molecule has 7 nitrogen and oxygen atoms in total. The van der Waals surface area contributed by atoms with Gasteiger partial charge in [-0.3, -0.25) is 4.79 Å². The normalized spacial score (nSPS) is 14.3. The second-order valence-electron chi connectivity index (χ2n) is 7.09. The van der Waals surface area contributed by atoms with Crippen LogP contribution < -0.4 is 5.32 Å². The van der Waals surface area contributed by atoms with E-state index in [1.165, 1.54) is 7.11 Å². The molecule has 2 amide bonds. The summed E-state index contributed by atoms with van der Waals surface area (Å²) >= 11 is 0. The average Bonchev–Trinajstić information content (AvgIpc) is 3.40. The Hall–Kier alpha value is -3.53. The van der Waals surface area contributed by atoms with Gasteiger partial charge in [0.15, 0.2) is 5.82 Å². The number of hydrogen-bond donors (Lipinski definition) is 2. The molecule has 0 bridgehead atoms. The van der Waals surface area contributed by atoms with Gasteiger partial charge in [-0.15, -0.1) is 6.42 Å². The third-order valence-electron chi connectivity index (χ3n) is 4.82. The maximum Gasteiger partial charge on any atom is 0.407 e. The highest BCUT2D eigenvalue weighted by atomic mass is 16.5. The molecule has 150 valence electrons. The molecule has 0 spiro atoms. The number of hydrogen-bond acceptors (Lipinski definition) is 4. The zero-order valence-electron chi connectivity index (χ0n) is 16.7. The molecule has 0 saturated carbocycles. The van der Waals surface area contributed by atoms with E-state index >= 15 is 0 Å². The summed E-state index contributed by atoms with van der Waals surface area (Å²) in [5, 5.41) is 2.63. The molecule has 0 radical (unpaired) electrons. The summed E-state index contributed by atoms with van der Waals surface area (Å²) in [7, 11) is 1.28. The molecule has 7 heteroatoms. The van der Waals surface area contributed by atoms with Gasteiger partial charge in [-0.05, 0) is 30.0 Å². The molecule has 2 N–H and O–H groups in total. The van der Waals surface area contributed by atoms with Crippen LogP contribution in [0.25, 0.3) is 17.0 Å². The summed E-state index contributed by atoms with van der Waals surface area (Å²) in [5.74, 6) is 2.92. The van der Waals surface area contributed by atoms with Crippen molar-refractivity contribution in [1.82, 2.24) is 20.2 Å². The highest BCUT2D eigenvalue weighted by Gasteiger charge is 2.33. The van der Waals surface area contributed by atoms with Crippen LogP contribution >= 0.6 is 0 Å². The molecule has 0 fully saturated rings. The third-order valence-corrected chi connectivity index (χ3v) is 4.82. The molecule has 29 heavy (non-hydrogen) atoms. The van der Waals surface area contributed by atoms with E-state index in [0.29, 0.717) is 18.1 Å². The molecule has 2 aromatic rings. The molecular weight excluding hydrogens is 368 g/mol. The monoisotopic (exact) mass is 392 g/mol. The van der Waals surface area contributed by atoms with Crippen LogP contribution in [-0.2, 0) is 9.53 Å². The number of alkyl carbamates (subject to hydrolysis) is 1. The van der Waals surface area contributed by atoms with Gasteiger partial charge < -0.3 is 19.9 Å². The van der Waals surface area contributed by atoms with Crippen molar-refractivity contribution in [2.75, 3.05) is 13.7 Å². The number of H-pyrrole nitrogens is 1. The van der Waals surface area contributed by atoms with Crippen molar-refractivity contribution < 1.29 is 14.3 Å². The van der Waals surface area contributed by atoms with E-state index in [1.807, 2.05) is 44.2 Å². The highest BCUT2D eigenvalue weighted by Crippen LogP contribution is 2.27. The minimum atomic E-state index is -0.685. The molecule has 0 unspecified atom stereocenters. The molecule has 1 aromatic carbocycles. The van der Waals surface area contributed by atoms with E-state index < -0.39 is 12.1 Å². The molecule has 2 heterocycles. The van der Waals surface area contributed by atoms with Crippen molar-refractivity contribution in [3.05, 3.63) is 47.9 Å². The number of imidazole rings is 1. The molecule has 1 atom stereocenters. The van der Waals surface area contributed by atoms with E-state index in [-0.39, 0.29) is 11.8 Å². The number of aromatic nitrogens is 2. The first-order valence-electron chi connectivity index (χ1n) is 9.43. The van der Waals surface area contributed by atoms with Crippen molar-refractivity contribution in [2.45, 2.75) is 26.3 Å². The van der Waals surface area contributed by atoms with Gasteiger partial charge in [0, 0.05) is 12.1 Å². The number of ether oxygens (including phenoxy) is 1. The largest absolute Gasteiger partial charge is 0.453 e. The van der Waals surface area contributed by atoms with E-state index in [2.05, 4.69) is 25.9 Å². The van der Waals surface area contributed by atoms with Crippen LogP contribution in [0.15, 0.2) is 36.5 Å².